The number of carboxylic acids is 1. The van der Waals surface area contributed by atoms with Gasteiger partial charge in [-0.1, -0.05) is 46.0 Å². The number of aliphatic carboxylic acids is 1. The summed E-state index contributed by atoms with van der Waals surface area (Å²) in [6.07, 6.45) is 7.87. The molecule has 1 aliphatic carbocycles. The van der Waals surface area contributed by atoms with E-state index in [0.717, 1.165) is 6.42 Å². The first kappa shape index (κ1) is 22.9. The predicted octanol–water partition coefficient (Wildman–Crippen LogP) is 2.68. The van der Waals surface area contributed by atoms with Crippen LogP contribution < -0.4 is 11.1 Å². The van der Waals surface area contributed by atoms with Gasteiger partial charge in [0.25, 0.3) is 0 Å². The standard InChI is InChI=1S/C20H38N2O4/c1-14(2)11-16(20(26)22-10-6-9-19(24)25)13-18(23)17(21)12-15-7-4-3-5-8-15/h14-18,23H,3-13,21H2,1-2H3,(H,22,26)(H,24,25)/t16-,17+,18+/m1/s1. The Bertz CT molecular complexity index is 422. The molecule has 6 nitrogen and oxygen atoms in total. The Morgan fingerprint density at radius 1 is 1.15 bits per heavy atom. The Morgan fingerprint density at radius 3 is 2.38 bits per heavy atom. The third kappa shape index (κ3) is 9.53. The molecule has 0 heterocycles. The Balaban J connectivity index is 2.47. The van der Waals surface area contributed by atoms with E-state index >= 15 is 0 Å². The first-order valence-electron chi connectivity index (χ1n) is 10.2. The average molecular weight is 371 g/mol. The molecule has 3 atom stereocenters. The first-order chi connectivity index (χ1) is 12.3. The monoisotopic (exact) mass is 370 g/mol. The highest BCUT2D eigenvalue weighted by atomic mass is 16.4. The molecule has 0 aromatic carbocycles. The Hall–Kier alpha value is -1.14. The molecule has 0 saturated heterocycles. The summed E-state index contributed by atoms with van der Waals surface area (Å²) in [5.74, 6) is -0.310. The molecule has 0 aromatic heterocycles. The minimum atomic E-state index is -0.859. The molecule has 1 aliphatic rings. The maximum absolute atomic E-state index is 12.5. The van der Waals surface area contributed by atoms with Crippen LogP contribution in [0.4, 0.5) is 0 Å². The van der Waals surface area contributed by atoms with Crippen molar-refractivity contribution in [1.29, 1.82) is 0 Å². The molecular weight excluding hydrogens is 332 g/mol. The number of carbonyl (C=O) groups excluding carboxylic acids is 1. The van der Waals surface area contributed by atoms with Gasteiger partial charge in [0.1, 0.15) is 0 Å². The third-order valence-electron chi connectivity index (χ3n) is 5.34. The summed E-state index contributed by atoms with van der Waals surface area (Å²) < 4.78 is 0. The van der Waals surface area contributed by atoms with E-state index < -0.39 is 12.1 Å². The largest absolute Gasteiger partial charge is 0.481 e. The van der Waals surface area contributed by atoms with Gasteiger partial charge in [0, 0.05) is 24.9 Å². The van der Waals surface area contributed by atoms with Gasteiger partial charge in [0.2, 0.25) is 5.91 Å². The van der Waals surface area contributed by atoms with Crippen molar-refractivity contribution in [2.24, 2.45) is 23.5 Å². The predicted molar refractivity (Wildman–Crippen MR) is 103 cm³/mol. The quantitative estimate of drug-likeness (QED) is 0.395. The second-order valence-corrected chi connectivity index (χ2v) is 8.32. The molecule has 1 amide bonds. The molecule has 1 saturated carbocycles. The number of rotatable bonds is 12. The molecule has 0 unspecified atom stereocenters. The number of amides is 1. The number of nitrogens with one attached hydrogen (secondary N) is 1. The molecule has 0 aliphatic heterocycles. The summed E-state index contributed by atoms with van der Waals surface area (Å²) in [7, 11) is 0. The molecule has 152 valence electrons. The van der Waals surface area contributed by atoms with E-state index in [0.29, 0.717) is 37.6 Å². The van der Waals surface area contributed by atoms with Gasteiger partial charge < -0.3 is 21.3 Å². The summed E-state index contributed by atoms with van der Waals surface area (Å²) >= 11 is 0. The summed E-state index contributed by atoms with van der Waals surface area (Å²) in [6.45, 7) is 4.46. The maximum atomic E-state index is 12.5. The minimum Gasteiger partial charge on any atom is -0.481 e. The second kappa shape index (κ2) is 12.3. The number of aliphatic hydroxyl groups is 1. The maximum Gasteiger partial charge on any atom is 0.303 e. The van der Waals surface area contributed by atoms with E-state index in [1.165, 1.54) is 32.1 Å². The molecule has 0 spiro atoms. The van der Waals surface area contributed by atoms with Crippen LogP contribution in [0.5, 0.6) is 0 Å². The Labute approximate surface area is 157 Å². The van der Waals surface area contributed by atoms with Crippen LogP contribution in [0.3, 0.4) is 0 Å². The van der Waals surface area contributed by atoms with E-state index in [1.54, 1.807) is 0 Å². The number of carboxylic acid groups (broad SMARTS) is 1. The van der Waals surface area contributed by atoms with Crippen LogP contribution in [-0.2, 0) is 9.59 Å². The molecular formula is C20H38N2O4. The number of aliphatic hydroxyl groups excluding tert-OH is 1. The highest BCUT2D eigenvalue weighted by molar-refractivity contribution is 5.78. The van der Waals surface area contributed by atoms with Crippen molar-refractivity contribution in [1.82, 2.24) is 5.32 Å². The smallest absolute Gasteiger partial charge is 0.303 e. The topological polar surface area (TPSA) is 113 Å². The van der Waals surface area contributed by atoms with Crippen molar-refractivity contribution < 1.29 is 19.8 Å². The fourth-order valence-corrected chi connectivity index (χ4v) is 3.91. The van der Waals surface area contributed by atoms with E-state index in [4.69, 9.17) is 10.8 Å². The van der Waals surface area contributed by atoms with Crippen LogP contribution in [0, 0.1) is 17.8 Å². The van der Waals surface area contributed by atoms with Gasteiger partial charge in [-0.05, 0) is 37.5 Å². The van der Waals surface area contributed by atoms with Crippen LogP contribution in [0.25, 0.3) is 0 Å². The summed E-state index contributed by atoms with van der Waals surface area (Å²) in [5, 5.41) is 22.0. The van der Waals surface area contributed by atoms with Crippen LogP contribution >= 0.6 is 0 Å². The van der Waals surface area contributed by atoms with Crippen LogP contribution in [-0.4, -0.2) is 40.8 Å². The van der Waals surface area contributed by atoms with Crippen LogP contribution in [0.15, 0.2) is 0 Å². The van der Waals surface area contributed by atoms with Crippen molar-refractivity contribution in [3.05, 3.63) is 0 Å². The molecule has 0 aromatic rings. The first-order valence-corrected chi connectivity index (χ1v) is 10.2. The SMILES string of the molecule is CC(C)C[C@H](C[C@H](O)[C@@H](N)CC1CCCCC1)C(=O)NCCCC(=O)O. The van der Waals surface area contributed by atoms with Crippen molar-refractivity contribution in [3.63, 3.8) is 0 Å². The van der Waals surface area contributed by atoms with Gasteiger partial charge in [0.15, 0.2) is 0 Å². The molecule has 1 rings (SSSR count). The number of hydrogen-bond acceptors (Lipinski definition) is 4. The van der Waals surface area contributed by atoms with Crippen molar-refractivity contribution >= 4 is 11.9 Å². The van der Waals surface area contributed by atoms with Gasteiger partial charge >= 0.3 is 5.97 Å². The molecule has 1 fully saturated rings. The van der Waals surface area contributed by atoms with Gasteiger partial charge in [-0.2, -0.15) is 0 Å². The molecule has 0 radical (unpaired) electrons. The normalized spacial score (nSPS) is 19.1. The van der Waals surface area contributed by atoms with Crippen LogP contribution in [0.1, 0.15) is 78.1 Å². The van der Waals surface area contributed by atoms with Crippen molar-refractivity contribution in [2.75, 3.05) is 6.54 Å². The zero-order valence-corrected chi connectivity index (χ0v) is 16.5. The van der Waals surface area contributed by atoms with E-state index in [-0.39, 0.29) is 24.3 Å². The lowest BCUT2D eigenvalue weighted by molar-refractivity contribution is -0.137. The summed E-state index contributed by atoms with van der Waals surface area (Å²) in [5.41, 5.74) is 6.24. The van der Waals surface area contributed by atoms with Crippen molar-refractivity contribution in [2.45, 2.75) is 90.2 Å². The number of hydrogen-bond donors (Lipinski definition) is 4. The number of nitrogens with two attached hydrogens (primary N) is 1. The fraction of sp³-hybridized carbons (Fsp3) is 0.900. The lowest BCUT2D eigenvalue weighted by Gasteiger charge is -2.29. The highest BCUT2D eigenvalue weighted by Gasteiger charge is 2.27. The van der Waals surface area contributed by atoms with Gasteiger partial charge in [-0.15, -0.1) is 0 Å². The second-order valence-electron chi connectivity index (χ2n) is 8.32. The zero-order chi connectivity index (χ0) is 19.5. The Kier molecular flexibility index (Phi) is 10.8. The fourth-order valence-electron chi connectivity index (χ4n) is 3.91. The zero-order valence-electron chi connectivity index (χ0n) is 16.5. The van der Waals surface area contributed by atoms with Crippen LogP contribution in [0.2, 0.25) is 0 Å². The molecule has 6 heteroatoms. The van der Waals surface area contributed by atoms with Gasteiger partial charge in [0.05, 0.1) is 6.10 Å². The minimum absolute atomic E-state index is 0.0456. The average Bonchev–Trinajstić information content (AvgIpc) is 2.58. The van der Waals surface area contributed by atoms with Gasteiger partial charge in [-0.25, -0.2) is 0 Å². The molecule has 26 heavy (non-hydrogen) atoms. The third-order valence-corrected chi connectivity index (χ3v) is 5.34. The Morgan fingerprint density at radius 2 is 1.81 bits per heavy atom. The molecule has 5 N–H and O–H groups in total. The van der Waals surface area contributed by atoms with Gasteiger partial charge in [-0.3, -0.25) is 9.59 Å². The van der Waals surface area contributed by atoms with E-state index in [1.807, 2.05) is 0 Å². The van der Waals surface area contributed by atoms with Crippen molar-refractivity contribution in [3.8, 4) is 0 Å². The lowest BCUT2D eigenvalue weighted by Crippen LogP contribution is -2.41. The van der Waals surface area contributed by atoms with E-state index in [2.05, 4.69) is 19.2 Å². The van der Waals surface area contributed by atoms with E-state index in [9.17, 15) is 14.7 Å². The molecule has 0 bridgehead atoms. The summed E-state index contributed by atoms with van der Waals surface area (Å²) in [4.78, 5) is 23.0. The highest BCUT2D eigenvalue weighted by Crippen LogP contribution is 2.28. The number of carbonyl (C=O) groups is 2. The lowest BCUT2D eigenvalue weighted by atomic mass is 9.82. The summed E-state index contributed by atoms with van der Waals surface area (Å²) in [6, 6.07) is -0.285.